The minimum absolute atomic E-state index is 0.585. The van der Waals surface area contributed by atoms with Crippen molar-refractivity contribution in [3.63, 3.8) is 0 Å². The molecule has 0 spiro atoms. The zero-order valence-electron chi connectivity index (χ0n) is 13.4. The van der Waals surface area contributed by atoms with Crippen LogP contribution in [0.3, 0.4) is 0 Å². The van der Waals surface area contributed by atoms with Gasteiger partial charge in [-0.15, -0.1) is 0 Å². The summed E-state index contributed by atoms with van der Waals surface area (Å²) in [6.07, 6.45) is 2.07. The maximum absolute atomic E-state index is 6.01. The molecule has 2 N–H and O–H groups in total. The molecule has 0 bridgehead atoms. The Morgan fingerprint density at radius 3 is 2.57 bits per heavy atom. The van der Waals surface area contributed by atoms with Gasteiger partial charge in [0, 0.05) is 53.8 Å². The monoisotopic (exact) mass is 307 g/mol. The predicted molar refractivity (Wildman–Crippen MR) is 92.0 cm³/mol. The van der Waals surface area contributed by atoms with Gasteiger partial charge in [0.1, 0.15) is 0 Å². The van der Waals surface area contributed by atoms with Crippen molar-refractivity contribution in [1.29, 1.82) is 0 Å². The third-order valence-electron chi connectivity index (χ3n) is 3.92. The smallest absolute Gasteiger partial charge is 0.0472 e. The van der Waals surface area contributed by atoms with E-state index in [0.717, 1.165) is 30.2 Å². The number of rotatable bonds is 7. The predicted octanol–water partition coefficient (Wildman–Crippen LogP) is 4.03. The first-order valence-electron chi connectivity index (χ1n) is 7.71. The number of aromatic amines is 1. The highest BCUT2D eigenvalue weighted by molar-refractivity contribution is 6.31. The summed E-state index contributed by atoms with van der Waals surface area (Å²) in [5.74, 6) is 0. The van der Waals surface area contributed by atoms with Crippen LogP contribution in [0.25, 0.3) is 10.9 Å². The van der Waals surface area contributed by atoms with Crippen LogP contribution in [0, 0.1) is 0 Å². The SMILES string of the molecule is CC(C)N(CCNCc1c[nH]c2cc(Cl)ccc12)C(C)C. The number of nitrogens with zero attached hydrogens (tertiary/aromatic N) is 1. The summed E-state index contributed by atoms with van der Waals surface area (Å²) in [6, 6.07) is 7.17. The summed E-state index contributed by atoms with van der Waals surface area (Å²) in [4.78, 5) is 5.78. The molecule has 0 unspecified atom stereocenters. The lowest BCUT2D eigenvalue weighted by Crippen LogP contribution is -2.41. The third-order valence-corrected chi connectivity index (χ3v) is 4.15. The highest BCUT2D eigenvalue weighted by atomic mass is 35.5. The fraction of sp³-hybridized carbons (Fsp3) is 0.529. The van der Waals surface area contributed by atoms with Crippen LogP contribution in [0.5, 0.6) is 0 Å². The van der Waals surface area contributed by atoms with Crippen LogP contribution in [-0.4, -0.2) is 35.1 Å². The van der Waals surface area contributed by atoms with E-state index < -0.39 is 0 Å². The van der Waals surface area contributed by atoms with Gasteiger partial charge in [-0.2, -0.15) is 0 Å². The molecule has 0 aliphatic rings. The van der Waals surface area contributed by atoms with Crippen molar-refractivity contribution in [1.82, 2.24) is 15.2 Å². The molecule has 3 nitrogen and oxygen atoms in total. The Hall–Kier alpha value is -1.03. The number of halogens is 1. The minimum Gasteiger partial charge on any atom is -0.361 e. The zero-order valence-corrected chi connectivity index (χ0v) is 14.2. The summed E-state index contributed by atoms with van der Waals surface area (Å²) in [6.45, 7) is 12.0. The van der Waals surface area contributed by atoms with E-state index in [-0.39, 0.29) is 0 Å². The maximum Gasteiger partial charge on any atom is 0.0472 e. The molecule has 0 aliphatic carbocycles. The highest BCUT2D eigenvalue weighted by Gasteiger charge is 2.12. The third kappa shape index (κ3) is 4.22. The molecule has 0 saturated carbocycles. The van der Waals surface area contributed by atoms with Gasteiger partial charge in [-0.05, 0) is 45.4 Å². The molecule has 0 atom stereocenters. The van der Waals surface area contributed by atoms with Crippen LogP contribution in [0.15, 0.2) is 24.4 Å². The highest BCUT2D eigenvalue weighted by Crippen LogP contribution is 2.21. The van der Waals surface area contributed by atoms with Crippen molar-refractivity contribution in [2.75, 3.05) is 13.1 Å². The van der Waals surface area contributed by atoms with Gasteiger partial charge in [-0.3, -0.25) is 4.90 Å². The summed E-state index contributed by atoms with van der Waals surface area (Å²) >= 11 is 6.01. The van der Waals surface area contributed by atoms with Gasteiger partial charge in [0.05, 0.1) is 0 Å². The van der Waals surface area contributed by atoms with Gasteiger partial charge in [0.15, 0.2) is 0 Å². The molecule has 0 aliphatic heterocycles. The van der Waals surface area contributed by atoms with E-state index in [1.807, 2.05) is 12.1 Å². The average molecular weight is 308 g/mol. The van der Waals surface area contributed by atoms with Gasteiger partial charge < -0.3 is 10.3 Å². The first-order valence-corrected chi connectivity index (χ1v) is 8.09. The molecule has 4 heteroatoms. The second-order valence-corrected chi connectivity index (χ2v) is 6.54. The lowest BCUT2D eigenvalue weighted by atomic mass is 10.2. The normalized spacial score (nSPS) is 12.2. The fourth-order valence-corrected chi connectivity index (χ4v) is 3.02. The first-order chi connectivity index (χ1) is 9.99. The molecule has 0 saturated heterocycles. The summed E-state index contributed by atoms with van der Waals surface area (Å²) in [5.41, 5.74) is 2.40. The number of H-pyrrole nitrogens is 1. The van der Waals surface area contributed by atoms with Crippen molar-refractivity contribution in [3.05, 3.63) is 35.0 Å². The first kappa shape index (κ1) is 16.3. The van der Waals surface area contributed by atoms with Crippen LogP contribution >= 0.6 is 11.6 Å². The van der Waals surface area contributed by atoms with E-state index in [9.17, 15) is 0 Å². The minimum atomic E-state index is 0.585. The molecular formula is C17H26ClN3. The molecule has 0 radical (unpaired) electrons. The molecular weight excluding hydrogens is 282 g/mol. The lowest BCUT2D eigenvalue weighted by molar-refractivity contribution is 0.176. The van der Waals surface area contributed by atoms with E-state index in [1.54, 1.807) is 0 Å². The molecule has 2 rings (SSSR count). The largest absolute Gasteiger partial charge is 0.361 e. The van der Waals surface area contributed by atoms with E-state index in [4.69, 9.17) is 11.6 Å². The van der Waals surface area contributed by atoms with Crippen LogP contribution in [0.1, 0.15) is 33.3 Å². The van der Waals surface area contributed by atoms with Crippen molar-refractivity contribution >= 4 is 22.5 Å². The zero-order chi connectivity index (χ0) is 15.4. The van der Waals surface area contributed by atoms with E-state index in [0.29, 0.717) is 12.1 Å². The summed E-state index contributed by atoms with van der Waals surface area (Å²) in [5, 5.41) is 5.56. The lowest BCUT2D eigenvalue weighted by Gasteiger charge is -2.30. The molecule has 1 aromatic heterocycles. The van der Waals surface area contributed by atoms with Gasteiger partial charge in [-0.25, -0.2) is 0 Å². The number of fused-ring (bicyclic) bond motifs is 1. The van der Waals surface area contributed by atoms with Gasteiger partial charge in [-0.1, -0.05) is 17.7 Å². The Labute approximate surface area is 132 Å². The molecule has 1 heterocycles. The maximum atomic E-state index is 6.01. The number of aromatic nitrogens is 1. The topological polar surface area (TPSA) is 31.1 Å². The fourth-order valence-electron chi connectivity index (χ4n) is 2.85. The Bertz CT molecular complexity index is 566. The van der Waals surface area contributed by atoms with Crippen molar-refractivity contribution in [2.45, 2.75) is 46.3 Å². The standard InChI is InChI=1S/C17H26ClN3/c1-12(2)21(13(3)4)8-7-19-10-14-11-20-17-9-15(18)5-6-16(14)17/h5-6,9,11-13,19-20H,7-8,10H2,1-4H3. The van der Waals surface area contributed by atoms with Gasteiger partial charge in [0.2, 0.25) is 0 Å². The molecule has 0 amide bonds. The number of benzene rings is 1. The molecule has 21 heavy (non-hydrogen) atoms. The van der Waals surface area contributed by atoms with Crippen LogP contribution in [0.4, 0.5) is 0 Å². The molecule has 116 valence electrons. The molecule has 0 fully saturated rings. The number of hydrogen-bond acceptors (Lipinski definition) is 2. The number of nitrogens with one attached hydrogen (secondary N) is 2. The van der Waals surface area contributed by atoms with Crippen LogP contribution in [-0.2, 0) is 6.54 Å². The second kappa shape index (κ2) is 7.30. The van der Waals surface area contributed by atoms with Crippen LogP contribution < -0.4 is 5.32 Å². The Kier molecular flexibility index (Phi) is 5.68. The molecule has 2 aromatic rings. The Morgan fingerprint density at radius 2 is 1.90 bits per heavy atom. The second-order valence-electron chi connectivity index (χ2n) is 6.11. The Morgan fingerprint density at radius 1 is 1.19 bits per heavy atom. The quantitative estimate of drug-likeness (QED) is 0.757. The van der Waals surface area contributed by atoms with E-state index in [2.05, 4.69) is 55.2 Å². The average Bonchev–Trinajstić information content (AvgIpc) is 2.79. The number of hydrogen-bond donors (Lipinski definition) is 2. The summed E-state index contributed by atoms with van der Waals surface area (Å²) in [7, 11) is 0. The van der Waals surface area contributed by atoms with Crippen molar-refractivity contribution in [2.24, 2.45) is 0 Å². The van der Waals surface area contributed by atoms with E-state index >= 15 is 0 Å². The van der Waals surface area contributed by atoms with Gasteiger partial charge >= 0.3 is 0 Å². The van der Waals surface area contributed by atoms with E-state index in [1.165, 1.54) is 10.9 Å². The van der Waals surface area contributed by atoms with Gasteiger partial charge in [0.25, 0.3) is 0 Å². The molecule has 1 aromatic carbocycles. The Balaban J connectivity index is 1.88. The van der Waals surface area contributed by atoms with Crippen LogP contribution in [0.2, 0.25) is 5.02 Å². The summed E-state index contributed by atoms with van der Waals surface area (Å²) < 4.78 is 0. The van der Waals surface area contributed by atoms with Crippen molar-refractivity contribution in [3.8, 4) is 0 Å². The van der Waals surface area contributed by atoms with Crippen molar-refractivity contribution < 1.29 is 0 Å².